The third-order valence-electron chi connectivity index (χ3n) is 4.33. The molecular weight excluding hydrogens is 276 g/mol. The van der Waals surface area contributed by atoms with Crippen molar-refractivity contribution < 1.29 is 9.53 Å². The van der Waals surface area contributed by atoms with Crippen LogP contribution >= 0.6 is 11.6 Å². The van der Waals surface area contributed by atoms with Crippen molar-refractivity contribution in [1.82, 2.24) is 9.88 Å². The van der Waals surface area contributed by atoms with E-state index >= 15 is 0 Å². The van der Waals surface area contributed by atoms with Gasteiger partial charge in [-0.3, -0.25) is 4.79 Å². The Morgan fingerprint density at radius 1 is 1.50 bits per heavy atom. The molecule has 1 aromatic rings. The fourth-order valence-corrected chi connectivity index (χ4v) is 3.31. The summed E-state index contributed by atoms with van der Waals surface area (Å²) in [5.74, 6) is 0.157. The van der Waals surface area contributed by atoms with E-state index in [-0.39, 0.29) is 11.3 Å². The Kier molecular flexibility index (Phi) is 5.11. The molecule has 1 aliphatic rings. The van der Waals surface area contributed by atoms with Gasteiger partial charge in [0, 0.05) is 32.7 Å². The normalized spacial score (nSPS) is 17.4. The Balaban J connectivity index is 1.97. The van der Waals surface area contributed by atoms with Crippen molar-refractivity contribution >= 4 is 17.5 Å². The van der Waals surface area contributed by atoms with Gasteiger partial charge < -0.3 is 14.6 Å². The topological polar surface area (TPSA) is 43.3 Å². The van der Waals surface area contributed by atoms with Crippen LogP contribution in [0, 0.1) is 5.41 Å². The number of aromatic nitrogens is 1. The second kappa shape index (κ2) is 6.64. The van der Waals surface area contributed by atoms with E-state index in [4.69, 9.17) is 16.3 Å². The molecule has 0 aliphatic heterocycles. The van der Waals surface area contributed by atoms with Gasteiger partial charge in [0.25, 0.3) is 0 Å². The number of aryl methyl sites for hydroxylation is 1. The quantitative estimate of drug-likeness (QED) is 0.877. The molecule has 1 N–H and O–H groups in total. The van der Waals surface area contributed by atoms with Crippen LogP contribution < -0.4 is 5.32 Å². The van der Waals surface area contributed by atoms with Crippen LogP contribution in [0.3, 0.4) is 0 Å². The summed E-state index contributed by atoms with van der Waals surface area (Å²) in [6.07, 6.45) is 6.86. The lowest BCUT2D eigenvalue weighted by atomic mass is 9.82. The average Bonchev–Trinajstić information content (AvgIpc) is 3.01. The van der Waals surface area contributed by atoms with Crippen molar-refractivity contribution in [3.63, 3.8) is 0 Å². The van der Waals surface area contributed by atoms with Crippen molar-refractivity contribution in [2.24, 2.45) is 12.5 Å². The minimum atomic E-state index is -0.231. The molecule has 1 aliphatic carbocycles. The van der Waals surface area contributed by atoms with E-state index < -0.39 is 0 Å². The summed E-state index contributed by atoms with van der Waals surface area (Å²) in [4.78, 5) is 12.6. The number of ether oxygens (including phenoxy) is 1. The number of hydrogen-bond acceptors (Lipinski definition) is 2. The number of carbonyl (C=O) groups excluding carboxylic acids is 1. The highest BCUT2D eigenvalue weighted by atomic mass is 35.5. The van der Waals surface area contributed by atoms with Crippen LogP contribution in [0.4, 0.5) is 0 Å². The highest BCUT2D eigenvalue weighted by molar-refractivity contribution is 6.30. The smallest absolute Gasteiger partial charge is 0.226 e. The van der Waals surface area contributed by atoms with Gasteiger partial charge in [-0.25, -0.2) is 0 Å². The van der Waals surface area contributed by atoms with Crippen molar-refractivity contribution in [3.05, 3.63) is 23.0 Å². The fraction of sp³-hybridized carbons (Fsp3) is 0.667. The maximum absolute atomic E-state index is 12.6. The molecule has 1 aromatic heterocycles. The van der Waals surface area contributed by atoms with Crippen molar-refractivity contribution in [2.45, 2.75) is 38.6 Å². The van der Waals surface area contributed by atoms with Gasteiger partial charge in [0.05, 0.1) is 17.0 Å². The highest BCUT2D eigenvalue weighted by Crippen LogP contribution is 2.41. The molecule has 1 heterocycles. The molecule has 0 unspecified atom stereocenters. The molecular formula is C15H23ClN2O2. The van der Waals surface area contributed by atoms with Crippen LogP contribution in [0.2, 0.25) is 5.02 Å². The molecule has 1 saturated carbocycles. The van der Waals surface area contributed by atoms with Gasteiger partial charge in [0.2, 0.25) is 5.91 Å². The first-order valence-electron chi connectivity index (χ1n) is 7.15. The minimum absolute atomic E-state index is 0.157. The van der Waals surface area contributed by atoms with Crippen LogP contribution in [0.1, 0.15) is 37.8 Å². The monoisotopic (exact) mass is 298 g/mol. The molecule has 0 spiro atoms. The van der Waals surface area contributed by atoms with E-state index in [9.17, 15) is 4.79 Å². The molecule has 1 fully saturated rings. The number of rotatable bonds is 6. The standard InChI is InChI=1S/C15H23ClN2O2/c1-18-11-12(16)9-13(18)10-17-14(19)15(7-8-20-2)5-3-4-6-15/h9,11H,3-8,10H2,1-2H3,(H,17,19). The van der Waals surface area contributed by atoms with Gasteiger partial charge in [0.1, 0.15) is 0 Å². The van der Waals surface area contributed by atoms with Gasteiger partial charge >= 0.3 is 0 Å². The van der Waals surface area contributed by atoms with E-state index in [1.54, 1.807) is 7.11 Å². The van der Waals surface area contributed by atoms with E-state index in [1.807, 2.05) is 23.9 Å². The Morgan fingerprint density at radius 3 is 2.75 bits per heavy atom. The van der Waals surface area contributed by atoms with Gasteiger partial charge in [0.15, 0.2) is 0 Å². The first-order valence-corrected chi connectivity index (χ1v) is 7.53. The molecule has 0 saturated heterocycles. The Labute approximate surface area is 125 Å². The van der Waals surface area contributed by atoms with E-state index in [2.05, 4.69) is 5.32 Å². The molecule has 0 radical (unpaired) electrons. The zero-order chi connectivity index (χ0) is 14.6. The Hall–Kier alpha value is -1.00. The number of nitrogens with zero attached hydrogens (tertiary/aromatic N) is 1. The van der Waals surface area contributed by atoms with Gasteiger partial charge in [-0.15, -0.1) is 0 Å². The molecule has 5 heteroatoms. The molecule has 0 bridgehead atoms. The molecule has 0 atom stereocenters. The second-order valence-corrected chi connectivity index (χ2v) is 6.11. The lowest BCUT2D eigenvalue weighted by Crippen LogP contribution is -2.39. The van der Waals surface area contributed by atoms with Gasteiger partial charge in [-0.2, -0.15) is 0 Å². The zero-order valence-corrected chi connectivity index (χ0v) is 13.0. The average molecular weight is 299 g/mol. The van der Waals surface area contributed by atoms with Crippen molar-refractivity contribution in [1.29, 1.82) is 0 Å². The van der Waals surface area contributed by atoms with Crippen LogP contribution in [0.25, 0.3) is 0 Å². The number of methoxy groups -OCH3 is 1. The number of amides is 1. The lowest BCUT2D eigenvalue weighted by molar-refractivity contribution is -0.132. The summed E-state index contributed by atoms with van der Waals surface area (Å²) in [6.45, 7) is 1.17. The highest BCUT2D eigenvalue weighted by Gasteiger charge is 2.40. The predicted molar refractivity (Wildman–Crippen MR) is 79.7 cm³/mol. The van der Waals surface area contributed by atoms with Crippen LogP contribution in [0.5, 0.6) is 0 Å². The summed E-state index contributed by atoms with van der Waals surface area (Å²) in [7, 11) is 3.62. The summed E-state index contributed by atoms with van der Waals surface area (Å²) >= 11 is 5.95. The predicted octanol–water partition coefficient (Wildman–Crippen LogP) is 2.89. The van der Waals surface area contributed by atoms with Crippen LogP contribution in [-0.4, -0.2) is 24.2 Å². The molecule has 0 aromatic carbocycles. The first-order chi connectivity index (χ1) is 9.57. The van der Waals surface area contributed by atoms with E-state index in [0.717, 1.165) is 37.8 Å². The SMILES string of the molecule is COCCC1(C(=O)NCc2cc(Cl)cn2C)CCCC1. The number of nitrogens with one attached hydrogen (secondary N) is 1. The van der Waals surface area contributed by atoms with Crippen molar-refractivity contribution in [2.75, 3.05) is 13.7 Å². The van der Waals surface area contributed by atoms with Gasteiger partial charge in [-0.05, 0) is 25.3 Å². The molecule has 1 amide bonds. The molecule has 4 nitrogen and oxygen atoms in total. The zero-order valence-electron chi connectivity index (χ0n) is 12.2. The fourth-order valence-electron chi connectivity index (χ4n) is 3.04. The molecule has 2 rings (SSSR count). The largest absolute Gasteiger partial charge is 0.385 e. The molecule has 20 heavy (non-hydrogen) atoms. The molecule has 112 valence electrons. The first kappa shape index (κ1) is 15.4. The second-order valence-electron chi connectivity index (χ2n) is 5.67. The Morgan fingerprint density at radius 2 is 2.20 bits per heavy atom. The van der Waals surface area contributed by atoms with Crippen LogP contribution in [-0.2, 0) is 23.1 Å². The third kappa shape index (κ3) is 3.36. The van der Waals surface area contributed by atoms with E-state index in [1.165, 1.54) is 0 Å². The summed E-state index contributed by atoms with van der Waals surface area (Å²) in [5, 5.41) is 3.77. The third-order valence-corrected chi connectivity index (χ3v) is 4.54. The summed E-state index contributed by atoms with van der Waals surface area (Å²) in [5.41, 5.74) is 0.786. The lowest BCUT2D eigenvalue weighted by Gasteiger charge is -2.27. The maximum Gasteiger partial charge on any atom is 0.226 e. The Bertz CT molecular complexity index is 464. The number of hydrogen-bond donors (Lipinski definition) is 1. The maximum atomic E-state index is 12.6. The van der Waals surface area contributed by atoms with Crippen LogP contribution in [0.15, 0.2) is 12.3 Å². The summed E-state index contributed by atoms with van der Waals surface area (Å²) < 4.78 is 7.11. The minimum Gasteiger partial charge on any atom is -0.385 e. The number of halogens is 1. The van der Waals surface area contributed by atoms with Gasteiger partial charge in [-0.1, -0.05) is 24.4 Å². The van der Waals surface area contributed by atoms with E-state index in [0.29, 0.717) is 18.2 Å². The number of carbonyl (C=O) groups is 1. The van der Waals surface area contributed by atoms with Crippen molar-refractivity contribution in [3.8, 4) is 0 Å². The summed E-state index contributed by atoms with van der Waals surface area (Å²) in [6, 6.07) is 1.89.